The summed E-state index contributed by atoms with van der Waals surface area (Å²) in [5.41, 5.74) is 0.427. The van der Waals surface area contributed by atoms with Gasteiger partial charge >= 0.3 is 0 Å². The van der Waals surface area contributed by atoms with E-state index < -0.39 is 22.0 Å². The van der Waals surface area contributed by atoms with Gasteiger partial charge in [-0.15, -0.1) is 0 Å². The van der Waals surface area contributed by atoms with Gasteiger partial charge in [-0.25, -0.2) is 8.42 Å². The maximum atomic E-state index is 12.4. The largest absolute Gasteiger partial charge is 0.497 e. The van der Waals surface area contributed by atoms with E-state index in [2.05, 4.69) is 10.0 Å². The van der Waals surface area contributed by atoms with E-state index in [1.165, 1.54) is 51.5 Å². The smallest absolute Gasteiger partial charge is 0.242 e. The summed E-state index contributed by atoms with van der Waals surface area (Å²) in [5.74, 6) is 0.479. The molecule has 0 heterocycles. The number of ether oxygens (including phenoxy) is 2. The zero-order valence-corrected chi connectivity index (χ0v) is 16.0. The van der Waals surface area contributed by atoms with Gasteiger partial charge in [-0.2, -0.15) is 4.72 Å². The highest BCUT2D eigenvalue weighted by molar-refractivity contribution is 7.89. The predicted octanol–water partition coefficient (Wildman–Crippen LogP) is 2.66. The van der Waals surface area contributed by atoms with Crippen LogP contribution in [0.4, 0.5) is 5.69 Å². The van der Waals surface area contributed by atoms with Gasteiger partial charge in [-0.1, -0.05) is 11.6 Å². The van der Waals surface area contributed by atoms with Crippen LogP contribution in [0.1, 0.15) is 6.92 Å². The van der Waals surface area contributed by atoms with Crippen molar-refractivity contribution in [2.45, 2.75) is 17.9 Å². The number of anilines is 1. The van der Waals surface area contributed by atoms with Crippen LogP contribution in [-0.4, -0.2) is 34.6 Å². The van der Waals surface area contributed by atoms with Crippen LogP contribution in [0.5, 0.6) is 11.5 Å². The summed E-state index contributed by atoms with van der Waals surface area (Å²) in [6, 6.07) is 9.57. The Hall–Kier alpha value is -2.29. The van der Waals surface area contributed by atoms with E-state index in [0.29, 0.717) is 22.2 Å². The molecule has 0 aliphatic rings. The number of hydrogen-bond donors (Lipinski definition) is 2. The van der Waals surface area contributed by atoms with Crippen LogP contribution < -0.4 is 19.5 Å². The fourth-order valence-corrected chi connectivity index (χ4v) is 3.56. The molecule has 0 saturated carbocycles. The number of amides is 1. The van der Waals surface area contributed by atoms with Crippen molar-refractivity contribution in [2.24, 2.45) is 0 Å². The summed E-state index contributed by atoms with van der Waals surface area (Å²) >= 11 is 6.01. The van der Waals surface area contributed by atoms with Crippen molar-refractivity contribution < 1.29 is 22.7 Å². The Morgan fingerprint density at radius 3 is 2.27 bits per heavy atom. The number of rotatable bonds is 7. The molecule has 7 nitrogen and oxygen atoms in total. The van der Waals surface area contributed by atoms with Gasteiger partial charge in [0.25, 0.3) is 0 Å². The van der Waals surface area contributed by atoms with Crippen LogP contribution in [0.25, 0.3) is 0 Å². The molecule has 0 aliphatic heterocycles. The summed E-state index contributed by atoms with van der Waals surface area (Å²) in [4.78, 5) is 12.3. The van der Waals surface area contributed by atoms with Crippen molar-refractivity contribution in [3.63, 3.8) is 0 Å². The molecular weight excluding hydrogens is 380 g/mol. The van der Waals surface area contributed by atoms with Crippen molar-refractivity contribution in [1.29, 1.82) is 0 Å². The monoisotopic (exact) mass is 398 g/mol. The van der Waals surface area contributed by atoms with Gasteiger partial charge in [0.1, 0.15) is 11.5 Å². The molecule has 0 spiro atoms. The SMILES string of the molecule is COc1ccc(S(=O)(=O)N[C@H](C)C(=O)Nc2ccc(OC)c(Cl)c2)cc1. The molecule has 0 radical (unpaired) electrons. The molecule has 1 amide bonds. The third-order valence-electron chi connectivity index (χ3n) is 3.51. The summed E-state index contributed by atoms with van der Waals surface area (Å²) in [5, 5.41) is 2.93. The number of benzene rings is 2. The summed E-state index contributed by atoms with van der Waals surface area (Å²) in [7, 11) is -0.886. The first kappa shape index (κ1) is 20.0. The zero-order chi connectivity index (χ0) is 19.3. The first-order valence-electron chi connectivity index (χ1n) is 7.57. The molecule has 0 unspecified atom stereocenters. The molecule has 0 aliphatic carbocycles. The zero-order valence-electron chi connectivity index (χ0n) is 14.4. The van der Waals surface area contributed by atoms with E-state index in [0.717, 1.165) is 0 Å². The topological polar surface area (TPSA) is 93.7 Å². The highest BCUT2D eigenvalue weighted by Crippen LogP contribution is 2.27. The third kappa shape index (κ3) is 4.87. The Morgan fingerprint density at radius 1 is 1.08 bits per heavy atom. The lowest BCUT2D eigenvalue weighted by molar-refractivity contribution is -0.117. The first-order valence-corrected chi connectivity index (χ1v) is 9.43. The number of nitrogens with one attached hydrogen (secondary N) is 2. The van der Waals surface area contributed by atoms with Crippen LogP contribution in [0, 0.1) is 0 Å². The Balaban J connectivity index is 2.06. The molecule has 0 fully saturated rings. The van der Waals surface area contributed by atoms with Crippen LogP contribution in [0.3, 0.4) is 0 Å². The van der Waals surface area contributed by atoms with Gasteiger partial charge in [0.2, 0.25) is 15.9 Å². The molecule has 1 atom stereocenters. The molecule has 2 rings (SSSR count). The molecule has 0 bridgehead atoms. The second-order valence-electron chi connectivity index (χ2n) is 5.36. The normalized spacial score (nSPS) is 12.3. The van der Waals surface area contributed by atoms with Crippen molar-refractivity contribution >= 4 is 33.2 Å². The minimum atomic E-state index is -3.85. The van der Waals surface area contributed by atoms with Crippen molar-refractivity contribution in [3.8, 4) is 11.5 Å². The Bertz CT molecular complexity index is 885. The summed E-state index contributed by atoms with van der Waals surface area (Å²) in [6.07, 6.45) is 0. The molecule has 2 N–H and O–H groups in total. The number of carbonyl (C=O) groups is 1. The quantitative estimate of drug-likeness (QED) is 0.747. The van der Waals surface area contributed by atoms with E-state index in [9.17, 15) is 13.2 Å². The highest BCUT2D eigenvalue weighted by Gasteiger charge is 2.22. The lowest BCUT2D eigenvalue weighted by Gasteiger charge is -2.15. The molecular formula is C17H19ClN2O5S. The maximum Gasteiger partial charge on any atom is 0.242 e. The Kier molecular flexibility index (Phi) is 6.47. The molecule has 2 aromatic rings. The Labute approximate surface area is 157 Å². The summed E-state index contributed by atoms with van der Waals surface area (Å²) < 4.78 is 37.1. The van der Waals surface area contributed by atoms with Gasteiger partial charge in [0, 0.05) is 5.69 Å². The minimum Gasteiger partial charge on any atom is -0.497 e. The van der Waals surface area contributed by atoms with Gasteiger partial charge < -0.3 is 14.8 Å². The van der Waals surface area contributed by atoms with Crippen LogP contribution in [0.15, 0.2) is 47.4 Å². The molecule has 9 heteroatoms. The molecule has 0 saturated heterocycles. The molecule has 2 aromatic carbocycles. The van der Waals surface area contributed by atoms with Gasteiger partial charge in [0.15, 0.2) is 0 Å². The van der Waals surface area contributed by atoms with Crippen LogP contribution >= 0.6 is 11.6 Å². The number of halogens is 1. The van der Waals surface area contributed by atoms with E-state index in [-0.39, 0.29) is 4.90 Å². The minimum absolute atomic E-state index is 0.0328. The number of carbonyl (C=O) groups excluding carboxylic acids is 1. The second kappa shape index (κ2) is 8.39. The maximum absolute atomic E-state index is 12.4. The predicted molar refractivity (Wildman–Crippen MR) is 99.4 cm³/mol. The lowest BCUT2D eigenvalue weighted by atomic mass is 10.2. The number of sulfonamides is 1. The number of hydrogen-bond acceptors (Lipinski definition) is 5. The Morgan fingerprint density at radius 2 is 1.73 bits per heavy atom. The average molecular weight is 399 g/mol. The highest BCUT2D eigenvalue weighted by atomic mass is 35.5. The van der Waals surface area contributed by atoms with Gasteiger partial charge in [0.05, 0.1) is 30.2 Å². The average Bonchev–Trinajstić information content (AvgIpc) is 2.61. The number of methoxy groups -OCH3 is 2. The van der Waals surface area contributed by atoms with Gasteiger partial charge in [-0.3, -0.25) is 4.79 Å². The van der Waals surface area contributed by atoms with Crippen molar-refractivity contribution in [2.75, 3.05) is 19.5 Å². The summed E-state index contributed by atoms with van der Waals surface area (Å²) in [6.45, 7) is 1.45. The van der Waals surface area contributed by atoms with Crippen LogP contribution in [-0.2, 0) is 14.8 Å². The third-order valence-corrected chi connectivity index (χ3v) is 5.37. The van der Waals surface area contributed by atoms with E-state index in [1.54, 1.807) is 12.1 Å². The van der Waals surface area contributed by atoms with Crippen LogP contribution in [0.2, 0.25) is 5.02 Å². The fraction of sp³-hybridized carbons (Fsp3) is 0.235. The van der Waals surface area contributed by atoms with Gasteiger partial charge in [-0.05, 0) is 49.4 Å². The standard InChI is InChI=1S/C17H19ClN2O5S/c1-11(17(21)19-12-4-9-16(25-3)15(18)10-12)20-26(22,23)14-7-5-13(24-2)6-8-14/h4-11,20H,1-3H3,(H,19,21)/t11-/m1/s1. The second-order valence-corrected chi connectivity index (χ2v) is 7.48. The first-order chi connectivity index (χ1) is 12.3. The molecule has 26 heavy (non-hydrogen) atoms. The van der Waals surface area contributed by atoms with Crippen molar-refractivity contribution in [3.05, 3.63) is 47.5 Å². The molecule has 0 aromatic heterocycles. The fourth-order valence-electron chi connectivity index (χ4n) is 2.10. The molecule has 140 valence electrons. The van der Waals surface area contributed by atoms with E-state index in [1.807, 2.05) is 0 Å². The van der Waals surface area contributed by atoms with Crippen molar-refractivity contribution in [1.82, 2.24) is 4.72 Å². The van der Waals surface area contributed by atoms with E-state index >= 15 is 0 Å². The van der Waals surface area contributed by atoms with E-state index in [4.69, 9.17) is 21.1 Å². The lowest BCUT2D eigenvalue weighted by Crippen LogP contribution is -2.41.